The Bertz CT molecular complexity index is 1260. The smallest absolute Gasteiger partial charge is 0.255 e. The van der Waals surface area contributed by atoms with Crippen LogP contribution in [0, 0.1) is 0 Å². The molecule has 0 heterocycles. The van der Waals surface area contributed by atoms with Gasteiger partial charge in [0.15, 0.2) is 0 Å². The van der Waals surface area contributed by atoms with Gasteiger partial charge in [0.05, 0.1) is 57.3 Å². The standard InChI is InChI=1S/C33H48N4O9/c1-4-5-6-7-8-9-14-45-30-13-10-25(36-24(2)38)22-28(30)33(41)35-23-31(39)37-26-11-12-29(27(21-26)32(34)40)46-20-19-44-18-17-43-16-15-42-3/h10-13,21-22H,4-9,14-20,23H2,1-3H3,(H2,34,40)(H,35,41)(H,36,38)(H,37,39). The summed E-state index contributed by atoms with van der Waals surface area (Å²) in [6.45, 7) is 5.84. The third-order valence-electron chi connectivity index (χ3n) is 6.53. The molecule has 13 heteroatoms. The Morgan fingerprint density at radius 2 is 1.26 bits per heavy atom. The number of unbranched alkanes of at least 4 members (excludes halogenated alkanes) is 5. The van der Waals surface area contributed by atoms with Gasteiger partial charge >= 0.3 is 0 Å². The summed E-state index contributed by atoms with van der Waals surface area (Å²) >= 11 is 0. The minimum atomic E-state index is -0.737. The number of carbonyl (C=O) groups excluding carboxylic acids is 4. The van der Waals surface area contributed by atoms with Gasteiger partial charge in [0.1, 0.15) is 18.1 Å². The molecule has 0 aliphatic rings. The predicted molar refractivity (Wildman–Crippen MR) is 175 cm³/mol. The summed E-state index contributed by atoms with van der Waals surface area (Å²) in [5, 5.41) is 7.87. The van der Waals surface area contributed by atoms with E-state index in [1.165, 1.54) is 44.4 Å². The Labute approximate surface area is 270 Å². The highest BCUT2D eigenvalue weighted by molar-refractivity contribution is 6.03. The summed E-state index contributed by atoms with van der Waals surface area (Å²) < 4.78 is 27.2. The molecule has 46 heavy (non-hydrogen) atoms. The third-order valence-corrected chi connectivity index (χ3v) is 6.53. The molecule has 4 amide bonds. The maximum Gasteiger partial charge on any atom is 0.255 e. The molecule has 2 rings (SSSR count). The number of nitrogens with one attached hydrogen (secondary N) is 3. The Hall–Kier alpha value is -4.20. The molecule has 0 atom stereocenters. The Morgan fingerprint density at radius 3 is 1.91 bits per heavy atom. The number of carbonyl (C=O) groups is 4. The molecule has 0 radical (unpaired) electrons. The van der Waals surface area contributed by atoms with Crippen molar-refractivity contribution < 1.29 is 42.9 Å². The minimum absolute atomic E-state index is 0.0756. The summed E-state index contributed by atoms with van der Waals surface area (Å²) in [7, 11) is 1.60. The SMILES string of the molecule is CCCCCCCCOc1ccc(NC(C)=O)cc1C(=O)NCC(=O)Nc1ccc(OCCOCCOCCOC)c(C(N)=O)c1. The molecule has 2 aromatic rings. The fourth-order valence-electron chi connectivity index (χ4n) is 4.24. The van der Waals surface area contributed by atoms with Crippen LogP contribution in [0.5, 0.6) is 11.5 Å². The van der Waals surface area contributed by atoms with Gasteiger partial charge in [-0.25, -0.2) is 0 Å². The molecule has 0 saturated carbocycles. The lowest BCUT2D eigenvalue weighted by molar-refractivity contribution is -0.115. The molecule has 0 spiro atoms. The van der Waals surface area contributed by atoms with E-state index in [1.807, 2.05) is 0 Å². The van der Waals surface area contributed by atoms with Crippen LogP contribution in [-0.4, -0.2) is 83.5 Å². The molecule has 0 aliphatic heterocycles. The molecule has 0 aliphatic carbocycles. The summed E-state index contributed by atoms with van der Waals surface area (Å²) in [5.74, 6) is -1.52. The number of hydrogen-bond acceptors (Lipinski definition) is 9. The van der Waals surface area contributed by atoms with Crippen LogP contribution in [0.1, 0.15) is 73.1 Å². The first-order valence-corrected chi connectivity index (χ1v) is 15.6. The summed E-state index contributed by atoms with van der Waals surface area (Å²) in [6.07, 6.45) is 6.56. The van der Waals surface area contributed by atoms with Crippen molar-refractivity contribution >= 4 is 35.0 Å². The average Bonchev–Trinajstić information content (AvgIpc) is 3.03. The van der Waals surface area contributed by atoms with E-state index in [9.17, 15) is 19.2 Å². The number of ether oxygens (including phenoxy) is 5. The minimum Gasteiger partial charge on any atom is -0.493 e. The summed E-state index contributed by atoms with van der Waals surface area (Å²) in [4.78, 5) is 49.4. The van der Waals surface area contributed by atoms with E-state index in [0.29, 0.717) is 50.2 Å². The zero-order valence-electron chi connectivity index (χ0n) is 27.1. The van der Waals surface area contributed by atoms with Crippen molar-refractivity contribution in [1.82, 2.24) is 5.32 Å². The van der Waals surface area contributed by atoms with E-state index in [0.717, 1.165) is 19.3 Å². The van der Waals surface area contributed by atoms with Crippen molar-refractivity contribution in [1.29, 1.82) is 0 Å². The third kappa shape index (κ3) is 15.2. The normalized spacial score (nSPS) is 10.7. The van der Waals surface area contributed by atoms with Crippen LogP contribution in [-0.2, 0) is 23.8 Å². The number of anilines is 2. The number of primary amides is 1. The van der Waals surface area contributed by atoms with E-state index in [2.05, 4.69) is 22.9 Å². The number of hydrogen-bond donors (Lipinski definition) is 4. The Morgan fingerprint density at radius 1 is 0.696 bits per heavy atom. The second-order valence-electron chi connectivity index (χ2n) is 10.4. The van der Waals surface area contributed by atoms with Gasteiger partial charge < -0.3 is 45.4 Å². The summed E-state index contributed by atoms with van der Waals surface area (Å²) in [6, 6.07) is 9.24. The molecular weight excluding hydrogens is 596 g/mol. The highest BCUT2D eigenvalue weighted by Crippen LogP contribution is 2.25. The van der Waals surface area contributed by atoms with E-state index in [4.69, 9.17) is 29.4 Å². The second kappa shape index (κ2) is 22.3. The van der Waals surface area contributed by atoms with Crippen LogP contribution in [0.3, 0.4) is 0 Å². The molecule has 0 bridgehead atoms. The topological polar surface area (TPSA) is 177 Å². The molecule has 13 nitrogen and oxygen atoms in total. The van der Waals surface area contributed by atoms with Crippen molar-refractivity contribution in [2.24, 2.45) is 5.73 Å². The maximum absolute atomic E-state index is 13.1. The van der Waals surface area contributed by atoms with E-state index in [1.54, 1.807) is 25.3 Å². The molecule has 254 valence electrons. The van der Waals surface area contributed by atoms with Gasteiger partial charge in [-0.2, -0.15) is 0 Å². The van der Waals surface area contributed by atoms with Crippen LogP contribution in [0.25, 0.3) is 0 Å². The van der Waals surface area contributed by atoms with E-state index in [-0.39, 0.29) is 42.5 Å². The van der Waals surface area contributed by atoms with Gasteiger partial charge in [-0.05, 0) is 42.8 Å². The lowest BCUT2D eigenvalue weighted by Crippen LogP contribution is -2.33. The monoisotopic (exact) mass is 644 g/mol. The molecule has 0 aromatic heterocycles. The largest absolute Gasteiger partial charge is 0.493 e. The van der Waals surface area contributed by atoms with Gasteiger partial charge in [-0.3, -0.25) is 19.2 Å². The Kier molecular flexibility index (Phi) is 18.4. The van der Waals surface area contributed by atoms with Gasteiger partial charge in [0.2, 0.25) is 11.8 Å². The first kappa shape index (κ1) is 38.0. The first-order valence-electron chi connectivity index (χ1n) is 15.6. The molecule has 0 saturated heterocycles. The first-order chi connectivity index (χ1) is 22.2. The average molecular weight is 645 g/mol. The zero-order chi connectivity index (χ0) is 33.6. The van der Waals surface area contributed by atoms with Gasteiger partial charge in [0, 0.05) is 25.4 Å². The number of nitrogens with two attached hydrogens (primary N) is 1. The highest BCUT2D eigenvalue weighted by atomic mass is 16.6. The van der Waals surface area contributed by atoms with Crippen molar-refractivity contribution in [2.45, 2.75) is 52.4 Å². The van der Waals surface area contributed by atoms with Crippen LogP contribution in [0.4, 0.5) is 11.4 Å². The lowest BCUT2D eigenvalue weighted by Gasteiger charge is -2.14. The van der Waals surface area contributed by atoms with Crippen LogP contribution in [0.15, 0.2) is 36.4 Å². The van der Waals surface area contributed by atoms with Crippen LogP contribution in [0.2, 0.25) is 0 Å². The summed E-state index contributed by atoms with van der Waals surface area (Å²) in [5.41, 5.74) is 6.51. The van der Waals surface area contributed by atoms with E-state index >= 15 is 0 Å². The van der Waals surface area contributed by atoms with E-state index < -0.39 is 17.7 Å². The molecule has 2 aromatic carbocycles. The number of rotatable bonds is 24. The fraction of sp³-hybridized carbons (Fsp3) is 0.515. The molecule has 5 N–H and O–H groups in total. The Balaban J connectivity index is 1.91. The van der Waals surface area contributed by atoms with Crippen molar-refractivity contribution in [3.05, 3.63) is 47.5 Å². The number of benzene rings is 2. The van der Waals surface area contributed by atoms with Crippen molar-refractivity contribution in [2.75, 3.05) is 70.5 Å². The van der Waals surface area contributed by atoms with Crippen LogP contribution >= 0.6 is 0 Å². The molecular formula is C33H48N4O9. The quantitative estimate of drug-likeness (QED) is 0.123. The van der Waals surface area contributed by atoms with Crippen molar-refractivity contribution in [3.63, 3.8) is 0 Å². The van der Waals surface area contributed by atoms with Gasteiger partial charge in [-0.1, -0.05) is 39.0 Å². The predicted octanol–water partition coefficient (Wildman–Crippen LogP) is 3.91. The second-order valence-corrected chi connectivity index (χ2v) is 10.4. The van der Waals surface area contributed by atoms with Crippen molar-refractivity contribution in [3.8, 4) is 11.5 Å². The molecule has 0 unspecified atom stereocenters. The number of amides is 4. The highest BCUT2D eigenvalue weighted by Gasteiger charge is 2.17. The van der Waals surface area contributed by atoms with Crippen LogP contribution < -0.4 is 31.2 Å². The zero-order valence-corrected chi connectivity index (χ0v) is 27.1. The molecule has 0 fully saturated rings. The number of methoxy groups -OCH3 is 1. The lowest BCUT2D eigenvalue weighted by atomic mass is 10.1. The van der Waals surface area contributed by atoms with Gasteiger partial charge in [-0.15, -0.1) is 0 Å². The fourth-order valence-corrected chi connectivity index (χ4v) is 4.24. The maximum atomic E-state index is 13.1. The van der Waals surface area contributed by atoms with Gasteiger partial charge in [0.25, 0.3) is 11.8 Å².